The SMILES string of the molecule is Nc1cc(F)ccc1S(=O)(=O)Nc1cccnc1Cl. The summed E-state index contributed by atoms with van der Waals surface area (Å²) in [5.41, 5.74) is 5.42. The van der Waals surface area contributed by atoms with Crippen LogP contribution in [0, 0.1) is 5.82 Å². The van der Waals surface area contributed by atoms with Gasteiger partial charge in [-0.25, -0.2) is 17.8 Å². The fourth-order valence-corrected chi connectivity index (χ4v) is 2.83. The molecule has 1 aromatic carbocycles. The van der Waals surface area contributed by atoms with Crippen LogP contribution in [0.2, 0.25) is 5.15 Å². The van der Waals surface area contributed by atoms with Crippen molar-refractivity contribution >= 4 is 33.0 Å². The number of pyridine rings is 1. The highest BCUT2D eigenvalue weighted by Gasteiger charge is 2.19. The van der Waals surface area contributed by atoms with Gasteiger partial charge in [0.1, 0.15) is 10.7 Å². The highest BCUT2D eigenvalue weighted by Crippen LogP contribution is 2.25. The van der Waals surface area contributed by atoms with E-state index >= 15 is 0 Å². The zero-order chi connectivity index (χ0) is 14.0. The minimum atomic E-state index is -3.95. The van der Waals surface area contributed by atoms with Gasteiger partial charge < -0.3 is 5.73 Å². The van der Waals surface area contributed by atoms with E-state index in [-0.39, 0.29) is 21.4 Å². The molecule has 2 rings (SSSR count). The topological polar surface area (TPSA) is 85.1 Å². The number of aromatic nitrogens is 1. The Balaban J connectivity index is 2.41. The molecule has 0 aliphatic rings. The molecule has 19 heavy (non-hydrogen) atoms. The molecule has 8 heteroatoms. The maximum atomic E-state index is 12.9. The van der Waals surface area contributed by atoms with Gasteiger partial charge in [0.15, 0.2) is 5.15 Å². The molecule has 0 fully saturated rings. The van der Waals surface area contributed by atoms with Crippen molar-refractivity contribution in [3.63, 3.8) is 0 Å². The number of benzene rings is 1. The molecule has 5 nitrogen and oxygen atoms in total. The molecule has 100 valence electrons. The molecule has 0 atom stereocenters. The molecule has 0 spiro atoms. The molecule has 0 radical (unpaired) electrons. The Labute approximate surface area is 114 Å². The van der Waals surface area contributed by atoms with E-state index in [2.05, 4.69) is 9.71 Å². The number of hydrogen-bond donors (Lipinski definition) is 2. The second kappa shape index (κ2) is 5.02. The lowest BCUT2D eigenvalue weighted by molar-refractivity contribution is 0.600. The van der Waals surface area contributed by atoms with Crippen molar-refractivity contribution in [3.05, 3.63) is 47.5 Å². The van der Waals surface area contributed by atoms with Gasteiger partial charge in [0.05, 0.1) is 11.4 Å². The van der Waals surface area contributed by atoms with E-state index in [0.29, 0.717) is 0 Å². The quantitative estimate of drug-likeness (QED) is 0.672. The molecule has 0 amide bonds. The molecule has 0 saturated carbocycles. The smallest absolute Gasteiger partial charge is 0.264 e. The van der Waals surface area contributed by atoms with Crippen LogP contribution in [0.4, 0.5) is 15.8 Å². The monoisotopic (exact) mass is 301 g/mol. The molecule has 2 aromatic rings. The Bertz CT molecular complexity index is 722. The van der Waals surface area contributed by atoms with E-state index in [1.807, 2.05) is 0 Å². The first kappa shape index (κ1) is 13.6. The van der Waals surface area contributed by atoms with E-state index < -0.39 is 15.8 Å². The Morgan fingerprint density at radius 3 is 2.68 bits per heavy atom. The molecule has 1 aromatic heterocycles. The number of rotatable bonds is 3. The van der Waals surface area contributed by atoms with Crippen molar-refractivity contribution in [2.24, 2.45) is 0 Å². The van der Waals surface area contributed by atoms with Crippen molar-refractivity contribution in [2.45, 2.75) is 4.90 Å². The average Bonchev–Trinajstić information content (AvgIpc) is 2.31. The predicted octanol–water partition coefficient (Wildman–Crippen LogP) is 2.26. The number of nitrogens with zero attached hydrogens (tertiary/aromatic N) is 1. The number of sulfonamides is 1. The van der Waals surface area contributed by atoms with Crippen molar-refractivity contribution in [2.75, 3.05) is 10.5 Å². The molecule has 0 bridgehead atoms. The normalized spacial score (nSPS) is 11.3. The summed E-state index contributed by atoms with van der Waals surface area (Å²) in [6, 6.07) is 6.00. The molecule has 1 heterocycles. The zero-order valence-corrected chi connectivity index (χ0v) is 11.0. The minimum Gasteiger partial charge on any atom is -0.398 e. The first-order chi connectivity index (χ1) is 8.90. The molecule has 0 aliphatic heterocycles. The van der Waals surface area contributed by atoms with Crippen LogP contribution in [0.25, 0.3) is 0 Å². The van der Waals surface area contributed by atoms with Crippen molar-refractivity contribution in [1.82, 2.24) is 4.98 Å². The number of anilines is 2. The van der Waals surface area contributed by atoms with Gasteiger partial charge in [-0.15, -0.1) is 0 Å². The van der Waals surface area contributed by atoms with Crippen LogP contribution in [0.1, 0.15) is 0 Å². The molecule has 3 N–H and O–H groups in total. The zero-order valence-electron chi connectivity index (χ0n) is 9.47. The summed E-state index contributed by atoms with van der Waals surface area (Å²) >= 11 is 5.75. The van der Waals surface area contributed by atoms with Crippen LogP contribution in [-0.4, -0.2) is 13.4 Å². The van der Waals surface area contributed by atoms with Gasteiger partial charge in [0, 0.05) is 6.20 Å². The Kier molecular flexibility index (Phi) is 3.59. The van der Waals surface area contributed by atoms with E-state index in [9.17, 15) is 12.8 Å². The third-order valence-electron chi connectivity index (χ3n) is 2.26. The maximum absolute atomic E-state index is 12.9. The maximum Gasteiger partial charge on any atom is 0.264 e. The molecular weight excluding hydrogens is 293 g/mol. The minimum absolute atomic E-state index is 0.00626. The van der Waals surface area contributed by atoms with Crippen molar-refractivity contribution < 1.29 is 12.8 Å². The third kappa shape index (κ3) is 2.94. The average molecular weight is 302 g/mol. The second-order valence-corrected chi connectivity index (χ2v) is 5.64. The Morgan fingerprint density at radius 1 is 1.32 bits per heavy atom. The standard InChI is InChI=1S/C11H9ClFN3O2S/c12-11-9(2-1-5-15-11)16-19(17,18)10-4-3-7(13)6-8(10)14/h1-6,16H,14H2. The molecule has 0 unspecified atom stereocenters. The summed E-state index contributed by atoms with van der Waals surface area (Å²) in [5, 5.41) is 0.00626. The lowest BCUT2D eigenvalue weighted by Crippen LogP contribution is -2.15. The van der Waals surface area contributed by atoms with Gasteiger partial charge in [-0.1, -0.05) is 11.6 Å². The Hall–Kier alpha value is -1.86. The van der Waals surface area contributed by atoms with Crippen LogP contribution >= 0.6 is 11.6 Å². The van der Waals surface area contributed by atoms with Crippen LogP contribution in [0.3, 0.4) is 0 Å². The van der Waals surface area contributed by atoms with Gasteiger partial charge in [-0.2, -0.15) is 0 Å². The number of nitrogens with one attached hydrogen (secondary N) is 1. The summed E-state index contributed by atoms with van der Waals surface area (Å²) in [6.45, 7) is 0. The second-order valence-electron chi connectivity index (χ2n) is 3.63. The van der Waals surface area contributed by atoms with Crippen LogP contribution < -0.4 is 10.5 Å². The van der Waals surface area contributed by atoms with Crippen molar-refractivity contribution in [3.8, 4) is 0 Å². The number of halogens is 2. The summed E-state index contributed by atoms with van der Waals surface area (Å²) in [6.07, 6.45) is 1.42. The van der Waals surface area contributed by atoms with E-state index in [1.165, 1.54) is 18.3 Å². The fraction of sp³-hybridized carbons (Fsp3) is 0. The first-order valence-electron chi connectivity index (χ1n) is 5.08. The highest BCUT2D eigenvalue weighted by atomic mass is 35.5. The summed E-state index contributed by atoms with van der Waals surface area (Å²) in [4.78, 5) is 3.51. The van der Waals surface area contributed by atoms with Crippen molar-refractivity contribution in [1.29, 1.82) is 0 Å². The van der Waals surface area contributed by atoms with Crippen LogP contribution in [0.15, 0.2) is 41.4 Å². The third-order valence-corrected chi connectivity index (χ3v) is 4.01. The van der Waals surface area contributed by atoms with Gasteiger partial charge in [0.2, 0.25) is 0 Å². The number of nitrogen functional groups attached to an aromatic ring is 1. The highest BCUT2D eigenvalue weighted by molar-refractivity contribution is 7.92. The molecular formula is C11H9ClFN3O2S. The fourth-order valence-electron chi connectivity index (χ4n) is 1.43. The van der Waals surface area contributed by atoms with Crippen LogP contribution in [-0.2, 0) is 10.0 Å². The lowest BCUT2D eigenvalue weighted by atomic mass is 10.3. The van der Waals surface area contributed by atoms with Crippen LogP contribution in [0.5, 0.6) is 0 Å². The van der Waals surface area contributed by atoms with Gasteiger partial charge in [-0.05, 0) is 30.3 Å². The van der Waals surface area contributed by atoms with Gasteiger partial charge >= 0.3 is 0 Å². The Morgan fingerprint density at radius 2 is 2.05 bits per heavy atom. The summed E-state index contributed by atoms with van der Waals surface area (Å²) in [7, 11) is -3.95. The summed E-state index contributed by atoms with van der Waals surface area (Å²) < 4.78 is 39.3. The largest absolute Gasteiger partial charge is 0.398 e. The number of hydrogen-bond acceptors (Lipinski definition) is 4. The van der Waals surface area contributed by atoms with Gasteiger partial charge in [-0.3, -0.25) is 4.72 Å². The molecule has 0 saturated heterocycles. The predicted molar refractivity (Wildman–Crippen MR) is 70.9 cm³/mol. The molecule has 0 aliphatic carbocycles. The van der Waals surface area contributed by atoms with E-state index in [4.69, 9.17) is 17.3 Å². The first-order valence-corrected chi connectivity index (χ1v) is 6.94. The lowest BCUT2D eigenvalue weighted by Gasteiger charge is -2.10. The van der Waals surface area contributed by atoms with E-state index in [0.717, 1.165) is 18.2 Å². The number of nitrogens with two attached hydrogens (primary N) is 1. The van der Waals surface area contributed by atoms with E-state index in [1.54, 1.807) is 0 Å². The van der Waals surface area contributed by atoms with Gasteiger partial charge in [0.25, 0.3) is 10.0 Å². The summed E-state index contributed by atoms with van der Waals surface area (Å²) in [5.74, 6) is -0.615.